The monoisotopic (exact) mass is 387 g/mol. The summed E-state index contributed by atoms with van der Waals surface area (Å²) in [5, 5.41) is 10.3. The molecular weight excluding hydrogens is 370 g/mol. The molecule has 5 aromatic rings. The van der Waals surface area contributed by atoms with E-state index in [-0.39, 0.29) is 0 Å². The molecule has 3 heterocycles. The normalized spacial score (nSPS) is 11.1. The molecule has 0 spiro atoms. The van der Waals surface area contributed by atoms with Crippen LogP contribution >= 0.6 is 0 Å². The average Bonchev–Trinajstić information content (AvgIpc) is 3.40. The highest BCUT2D eigenvalue weighted by molar-refractivity contribution is 5.89. The predicted molar refractivity (Wildman–Crippen MR) is 110 cm³/mol. The molecule has 3 aromatic heterocycles. The maximum Gasteiger partial charge on any atom is 0.198 e. The van der Waals surface area contributed by atoms with E-state index < -0.39 is 0 Å². The van der Waals surface area contributed by atoms with Gasteiger partial charge in [-0.15, -0.1) is 0 Å². The molecule has 9 nitrogen and oxygen atoms in total. The number of hydrogen-bond acceptors (Lipinski definition) is 7. The van der Waals surface area contributed by atoms with Gasteiger partial charge in [-0.05, 0) is 24.3 Å². The lowest BCUT2D eigenvalue weighted by Crippen LogP contribution is -2.00. The number of aromatic amines is 2. The highest BCUT2D eigenvalue weighted by Gasteiger charge is 2.15. The summed E-state index contributed by atoms with van der Waals surface area (Å²) in [6.07, 6.45) is 1.66. The Hall–Kier alpha value is -4.14. The second kappa shape index (κ2) is 6.79. The van der Waals surface area contributed by atoms with Gasteiger partial charge < -0.3 is 19.8 Å². The van der Waals surface area contributed by atoms with Crippen molar-refractivity contribution >= 4 is 33.6 Å². The van der Waals surface area contributed by atoms with Gasteiger partial charge in [-0.25, -0.2) is 15.0 Å². The van der Waals surface area contributed by atoms with Crippen LogP contribution in [0.3, 0.4) is 0 Å². The molecule has 0 amide bonds. The van der Waals surface area contributed by atoms with Crippen molar-refractivity contribution < 1.29 is 9.47 Å². The molecule has 0 radical (unpaired) electrons. The van der Waals surface area contributed by atoms with Crippen molar-refractivity contribution in [1.29, 1.82) is 0 Å². The quantitative estimate of drug-likeness (QED) is 0.422. The number of imidazole rings is 1. The van der Waals surface area contributed by atoms with Gasteiger partial charge in [-0.2, -0.15) is 5.10 Å². The first-order chi connectivity index (χ1) is 14.2. The molecule has 0 aliphatic rings. The first-order valence-corrected chi connectivity index (χ1v) is 8.90. The third-order valence-electron chi connectivity index (χ3n) is 4.55. The van der Waals surface area contributed by atoms with Gasteiger partial charge in [0.25, 0.3) is 0 Å². The molecule has 29 heavy (non-hydrogen) atoms. The lowest BCUT2D eigenvalue weighted by Gasteiger charge is -2.11. The summed E-state index contributed by atoms with van der Waals surface area (Å²) in [4.78, 5) is 17.1. The van der Waals surface area contributed by atoms with Crippen molar-refractivity contribution in [3.63, 3.8) is 0 Å². The van der Waals surface area contributed by atoms with Crippen molar-refractivity contribution in [2.45, 2.75) is 0 Å². The fraction of sp³-hybridized carbons (Fsp3) is 0.100. The van der Waals surface area contributed by atoms with Gasteiger partial charge >= 0.3 is 0 Å². The number of rotatable bonds is 5. The number of nitrogens with one attached hydrogen (secondary N) is 3. The average molecular weight is 387 g/mol. The molecule has 0 aliphatic carbocycles. The van der Waals surface area contributed by atoms with Crippen LogP contribution in [0.4, 0.5) is 11.5 Å². The lowest BCUT2D eigenvalue weighted by atomic mass is 10.2. The molecule has 0 bridgehead atoms. The van der Waals surface area contributed by atoms with Crippen molar-refractivity contribution in [3.05, 3.63) is 48.7 Å². The Morgan fingerprint density at radius 1 is 0.897 bits per heavy atom. The predicted octanol–water partition coefficient (Wildman–Crippen LogP) is 3.66. The summed E-state index contributed by atoms with van der Waals surface area (Å²) in [5.74, 6) is 2.90. The van der Waals surface area contributed by atoms with Crippen LogP contribution in [0.5, 0.6) is 11.5 Å². The zero-order chi connectivity index (χ0) is 19.8. The Labute approximate surface area is 165 Å². The second-order valence-electron chi connectivity index (χ2n) is 6.32. The van der Waals surface area contributed by atoms with Gasteiger partial charge in [0.2, 0.25) is 0 Å². The van der Waals surface area contributed by atoms with Crippen molar-refractivity contribution in [3.8, 4) is 23.1 Å². The Morgan fingerprint density at radius 3 is 2.59 bits per heavy atom. The summed E-state index contributed by atoms with van der Waals surface area (Å²) in [5.41, 5.74) is 3.94. The Bertz CT molecular complexity index is 1290. The van der Waals surface area contributed by atoms with Crippen LogP contribution in [0.25, 0.3) is 33.7 Å². The van der Waals surface area contributed by atoms with E-state index in [1.165, 1.54) is 0 Å². The Kier molecular flexibility index (Phi) is 3.98. The largest absolute Gasteiger partial charge is 0.493 e. The number of fused-ring (bicyclic) bond motifs is 2. The number of aromatic nitrogens is 6. The molecule has 0 saturated heterocycles. The van der Waals surface area contributed by atoms with Crippen LogP contribution in [0, 0.1) is 0 Å². The third kappa shape index (κ3) is 2.98. The van der Waals surface area contributed by atoms with Gasteiger partial charge in [0.1, 0.15) is 11.0 Å². The Morgan fingerprint density at radius 2 is 1.76 bits per heavy atom. The van der Waals surface area contributed by atoms with Crippen LogP contribution < -0.4 is 14.8 Å². The van der Waals surface area contributed by atoms with Gasteiger partial charge in [-0.1, -0.05) is 12.1 Å². The zero-order valence-corrected chi connectivity index (χ0v) is 15.7. The molecule has 144 valence electrons. The van der Waals surface area contributed by atoms with E-state index in [0.29, 0.717) is 40.0 Å². The van der Waals surface area contributed by atoms with Crippen LogP contribution in [-0.4, -0.2) is 44.4 Å². The number of anilines is 2. The number of nitrogens with zero attached hydrogens (tertiary/aromatic N) is 4. The number of benzene rings is 2. The summed E-state index contributed by atoms with van der Waals surface area (Å²) in [7, 11) is 3.20. The van der Waals surface area contributed by atoms with E-state index in [1.54, 1.807) is 20.4 Å². The summed E-state index contributed by atoms with van der Waals surface area (Å²) in [6, 6.07) is 13.3. The van der Waals surface area contributed by atoms with Gasteiger partial charge in [0.15, 0.2) is 29.0 Å². The molecule has 3 N–H and O–H groups in total. The highest BCUT2D eigenvalue weighted by Crippen LogP contribution is 2.32. The molecule has 9 heteroatoms. The van der Waals surface area contributed by atoms with Crippen LogP contribution in [-0.2, 0) is 0 Å². The maximum atomic E-state index is 5.38. The number of hydrogen-bond donors (Lipinski definition) is 3. The number of methoxy groups -OCH3 is 2. The van der Waals surface area contributed by atoms with Gasteiger partial charge in [0, 0.05) is 11.8 Å². The van der Waals surface area contributed by atoms with Crippen molar-refractivity contribution in [2.75, 3.05) is 19.5 Å². The molecule has 0 fully saturated rings. The number of ether oxygens (including phenoxy) is 2. The molecule has 0 saturated carbocycles. The summed E-state index contributed by atoms with van der Waals surface area (Å²) in [6.45, 7) is 0. The molecule has 0 aliphatic heterocycles. The fourth-order valence-electron chi connectivity index (χ4n) is 3.15. The van der Waals surface area contributed by atoms with Crippen LogP contribution in [0.15, 0.2) is 48.7 Å². The van der Waals surface area contributed by atoms with Crippen LogP contribution in [0.1, 0.15) is 0 Å². The molecule has 5 rings (SSSR count). The topological polar surface area (TPSA) is 114 Å². The zero-order valence-electron chi connectivity index (χ0n) is 15.7. The van der Waals surface area contributed by atoms with E-state index in [2.05, 4.69) is 35.5 Å². The minimum Gasteiger partial charge on any atom is -0.493 e. The third-order valence-corrected chi connectivity index (χ3v) is 4.55. The van der Waals surface area contributed by atoms with E-state index in [1.807, 2.05) is 42.5 Å². The number of H-pyrrole nitrogens is 2. The minimum atomic E-state index is 0.470. The van der Waals surface area contributed by atoms with Gasteiger partial charge in [0.05, 0.1) is 31.4 Å². The van der Waals surface area contributed by atoms with Crippen molar-refractivity contribution in [2.24, 2.45) is 0 Å². The smallest absolute Gasteiger partial charge is 0.198 e. The lowest BCUT2D eigenvalue weighted by molar-refractivity contribution is 0.355. The van der Waals surface area contributed by atoms with Crippen molar-refractivity contribution in [1.82, 2.24) is 30.1 Å². The summed E-state index contributed by atoms with van der Waals surface area (Å²) < 4.78 is 10.7. The van der Waals surface area contributed by atoms with Gasteiger partial charge in [-0.3, -0.25) is 5.10 Å². The Balaban J connectivity index is 1.59. The number of para-hydroxylation sites is 2. The first-order valence-electron chi connectivity index (χ1n) is 8.90. The van der Waals surface area contributed by atoms with E-state index in [0.717, 1.165) is 16.7 Å². The fourth-order valence-corrected chi connectivity index (χ4v) is 3.15. The molecule has 2 aromatic carbocycles. The summed E-state index contributed by atoms with van der Waals surface area (Å²) >= 11 is 0. The minimum absolute atomic E-state index is 0.470. The molecule has 0 atom stereocenters. The van der Waals surface area contributed by atoms with E-state index in [9.17, 15) is 0 Å². The van der Waals surface area contributed by atoms with E-state index >= 15 is 0 Å². The van der Waals surface area contributed by atoms with Crippen LogP contribution in [0.2, 0.25) is 0 Å². The molecular formula is C20H17N7O2. The maximum absolute atomic E-state index is 5.38. The second-order valence-corrected chi connectivity index (χ2v) is 6.32. The standard InChI is InChI=1S/C20H17N7O2/c1-28-15-8-7-11(9-16(15)29-2)22-18-17-14(10-21-27-17)25-20(26-18)19-23-12-5-3-4-6-13(12)24-19/h3-10H,1-2H3,(H,21,27)(H,23,24)(H,22,25,26). The highest BCUT2D eigenvalue weighted by atomic mass is 16.5. The molecule has 0 unspecified atom stereocenters. The first kappa shape index (κ1) is 17.0. The van der Waals surface area contributed by atoms with E-state index in [4.69, 9.17) is 9.47 Å². The SMILES string of the molecule is COc1ccc(Nc2nc(-c3nc4ccccc4[nH]3)nc3cn[nH]c23)cc1OC.